The van der Waals surface area contributed by atoms with E-state index in [0.29, 0.717) is 23.7 Å². The van der Waals surface area contributed by atoms with Crippen LogP contribution in [0.15, 0.2) is 67.0 Å². The van der Waals surface area contributed by atoms with Gasteiger partial charge < -0.3 is 33.6 Å². The fraction of sp³-hybridized carbons (Fsp3) is 0.500. The fourth-order valence-electron chi connectivity index (χ4n) is 5.24. The number of benzene rings is 2. The zero-order valence-corrected chi connectivity index (χ0v) is 28.8. The smallest absolute Gasteiger partial charge is 0.255 e. The largest absolute Gasteiger partial charge is 1.00 e. The zero-order chi connectivity index (χ0) is 29.3. The monoisotopic (exact) mass is 704 g/mol. The average Bonchev–Trinajstić information content (AvgIpc) is 2.96. The molecule has 0 saturated heterocycles. The van der Waals surface area contributed by atoms with Gasteiger partial charge in [0.25, 0.3) is 5.91 Å². The summed E-state index contributed by atoms with van der Waals surface area (Å²) in [6, 6.07) is 17.5. The Kier molecular flexibility index (Phi) is 17.8. The van der Waals surface area contributed by atoms with Gasteiger partial charge in [0, 0.05) is 18.2 Å². The second kappa shape index (κ2) is 20.7. The van der Waals surface area contributed by atoms with Crippen LogP contribution in [0, 0.1) is 6.92 Å². The van der Waals surface area contributed by atoms with Gasteiger partial charge in [-0.1, -0.05) is 107 Å². The first-order valence-electron chi connectivity index (χ1n) is 15.7. The van der Waals surface area contributed by atoms with Crippen LogP contribution in [0.25, 0.3) is 0 Å². The molecule has 0 saturated carbocycles. The predicted molar refractivity (Wildman–Crippen MR) is 170 cm³/mol. The van der Waals surface area contributed by atoms with Gasteiger partial charge in [0.2, 0.25) is 0 Å². The van der Waals surface area contributed by atoms with E-state index < -0.39 is 0 Å². The van der Waals surface area contributed by atoms with Crippen LogP contribution in [-0.2, 0) is 20.1 Å². The van der Waals surface area contributed by atoms with Crippen molar-refractivity contribution in [3.05, 3.63) is 94.3 Å². The molecule has 230 valence electrons. The molecule has 0 unspecified atom stereocenters. The van der Waals surface area contributed by atoms with Gasteiger partial charge in [0.05, 0.1) is 23.7 Å². The number of unbranched alkanes of at least 4 members (excludes halogenated alkanes) is 11. The summed E-state index contributed by atoms with van der Waals surface area (Å²) < 4.78 is 8.08. The predicted octanol–water partition coefficient (Wildman–Crippen LogP) is 6.40. The second-order valence-electron chi connectivity index (χ2n) is 11.3. The van der Waals surface area contributed by atoms with Crippen LogP contribution in [0.4, 0.5) is 0 Å². The maximum Gasteiger partial charge on any atom is 0.255 e. The highest BCUT2D eigenvalue weighted by atomic mass is 127. The average molecular weight is 705 g/mol. The number of aryl methyl sites for hydroxylation is 2. The lowest BCUT2D eigenvalue weighted by molar-refractivity contribution is -0.672. The number of pyridine rings is 1. The van der Waals surface area contributed by atoms with Crippen molar-refractivity contribution in [2.75, 3.05) is 6.61 Å². The van der Waals surface area contributed by atoms with Gasteiger partial charge >= 0.3 is 0 Å². The van der Waals surface area contributed by atoms with Crippen molar-refractivity contribution in [1.82, 2.24) is 4.90 Å². The van der Waals surface area contributed by atoms with Crippen molar-refractivity contribution in [3.8, 4) is 5.75 Å². The van der Waals surface area contributed by atoms with Crippen LogP contribution < -0.4 is 33.3 Å². The van der Waals surface area contributed by atoms with Gasteiger partial charge in [-0.3, -0.25) is 4.79 Å². The van der Waals surface area contributed by atoms with Gasteiger partial charge in [-0.2, -0.15) is 0 Å². The zero-order valence-electron chi connectivity index (χ0n) is 25.9. The first-order valence-corrected chi connectivity index (χ1v) is 16.1. The highest BCUT2D eigenvalue weighted by Crippen LogP contribution is 2.23. The van der Waals surface area contributed by atoms with Crippen molar-refractivity contribution in [2.24, 2.45) is 7.05 Å². The third-order valence-electron chi connectivity index (χ3n) is 7.71. The number of hydrogen-bond acceptors (Lipinski definition) is 2. The number of amides is 1. The molecule has 1 aromatic heterocycles. The van der Waals surface area contributed by atoms with E-state index in [9.17, 15) is 4.79 Å². The van der Waals surface area contributed by atoms with Crippen molar-refractivity contribution < 1.29 is 38.1 Å². The molecule has 0 aliphatic rings. The van der Waals surface area contributed by atoms with E-state index in [1.807, 2.05) is 59.2 Å². The van der Waals surface area contributed by atoms with Crippen LogP contribution in [0.2, 0.25) is 5.02 Å². The molecule has 0 aliphatic carbocycles. The minimum absolute atomic E-state index is 0. The van der Waals surface area contributed by atoms with E-state index in [4.69, 9.17) is 16.3 Å². The molecular formula is C36H50ClIN2O2. The summed E-state index contributed by atoms with van der Waals surface area (Å²) in [6.45, 7) is 6.10. The number of ether oxygens (including phenoxy) is 1. The summed E-state index contributed by atoms with van der Waals surface area (Å²) in [7, 11) is 1.99. The highest BCUT2D eigenvalue weighted by molar-refractivity contribution is 6.33. The highest BCUT2D eigenvalue weighted by Gasteiger charge is 2.20. The maximum absolute atomic E-state index is 13.6. The lowest BCUT2D eigenvalue weighted by Crippen LogP contribution is -3.00. The fourth-order valence-corrected chi connectivity index (χ4v) is 5.46. The quantitative estimate of drug-likeness (QED) is 0.0823. The van der Waals surface area contributed by atoms with Gasteiger partial charge in [-0.25, -0.2) is 4.57 Å². The first-order chi connectivity index (χ1) is 20.0. The van der Waals surface area contributed by atoms with Crippen LogP contribution in [0.1, 0.15) is 111 Å². The Bertz CT molecular complexity index is 1200. The lowest BCUT2D eigenvalue weighted by atomic mass is 10.1. The molecule has 2 aromatic carbocycles. The van der Waals surface area contributed by atoms with Crippen molar-refractivity contribution in [1.29, 1.82) is 0 Å². The SMILES string of the molecule is CCCCCCCCCCCCCCOc1ccc(CN(Cc2ccc[n+](C)c2)C(=O)c2ccccc2Cl)c(C)c1.[I-]. The molecular weight excluding hydrogens is 655 g/mol. The van der Waals surface area contributed by atoms with E-state index in [0.717, 1.165) is 35.5 Å². The van der Waals surface area contributed by atoms with Gasteiger partial charge in [-0.05, 0) is 54.8 Å². The molecule has 0 spiro atoms. The minimum atomic E-state index is -0.0752. The van der Waals surface area contributed by atoms with E-state index in [1.165, 1.54) is 70.6 Å². The Hall–Kier alpha value is -2.12. The Morgan fingerprint density at radius 2 is 1.48 bits per heavy atom. The summed E-state index contributed by atoms with van der Waals surface area (Å²) in [6.07, 6.45) is 20.1. The van der Waals surface area contributed by atoms with E-state index in [-0.39, 0.29) is 29.9 Å². The van der Waals surface area contributed by atoms with Crippen LogP contribution in [0.5, 0.6) is 5.75 Å². The summed E-state index contributed by atoms with van der Waals surface area (Å²) in [5, 5.41) is 0.472. The van der Waals surface area contributed by atoms with Crippen LogP contribution >= 0.6 is 11.6 Å². The van der Waals surface area contributed by atoms with E-state index in [2.05, 4.69) is 26.0 Å². The van der Waals surface area contributed by atoms with Crippen molar-refractivity contribution in [2.45, 2.75) is 104 Å². The molecule has 1 heterocycles. The Labute approximate surface area is 276 Å². The summed E-state index contributed by atoms with van der Waals surface area (Å²) in [4.78, 5) is 15.5. The third kappa shape index (κ3) is 13.0. The Morgan fingerprint density at radius 3 is 2.10 bits per heavy atom. The molecule has 3 aromatic rings. The summed E-state index contributed by atoms with van der Waals surface area (Å²) >= 11 is 6.41. The Balaban J connectivity index is 0.00000616. The molecule has 1 amide bonds. The number of halogens is 2. The third-order valence-corrected chi connectivity index (χ3v) is 8.04. The molecule has 3 rings (SSSR count). The van der Waals surface area contributed by atoms with Gasteiger partial charge in [-0.15, -0.1) is 0 Å². The molecule has 0 fully saturated rings. The number of rotatable bonds is 19. The van der Waals surface area contributed by atoms with Crippen LogP contribution in [0.3, 0.4) is 0 Å². The number of nitrogens with zero attached hydrogens (tertiary/aromatic N) is 2. The lowest BCUT2D eigenvalue weighted by Gasteiger charge is -2.24. The molecule has 0 aliphatic heterocycles. The number of carbonyl (C=O) groups is 1. The number of aromatic nitrogens is 1. The normalized spacial score (nSPS) is 10.8. The maximum atomic E-state index is 13.6. The number of carbonyl (C=O) groups excluding carboxylic acids is 1. The van der Waals surface area contributed by atoms with E-state index in [1.54, 1.807) is 12.1 Å². The van der Waals surface area contributed by atoms with Crippen LogP contribution in [-0.4, -0.2) is 17.4 Å². The Morgan fingerprint density at radius 1 is 0.833 bits per heavy atom. The molecule has 0 bridgehead atoms. The van der Waals surface area contributed by atoms with E-state index >= 15 is 0 Å². The molecule has 0 N–H and O–H groups in total. The summed E-state index contributed by atoms with van der Waals surface area (Å²) in [5.41, 5.74) is 3.81. The minimum Gasteiger partial charge on any atom is -1.00 e. The number of hydrogen-bond donors (Lipinski definition) is 0. The van der Waals surface area contributed by atoms with Crippen molar-refractivity contribution >= 4 is 17.5 Å². The van der Waals surface area contributed by atoms with Gasteiger partial charge in [0.15, 0.2) is 12.4 Å². The molecule has 0 atom stereocenters. The molecule has 6 heteroatoms. The molecule has 42 heavy (non-hydrogen) atoms. The summed E-state index contributed by atoms with van der Waals surface area (Å²) in [5.74, 6) is 0.821. The standard InChI is InChI=1S/C36H50ClN2O2.HI/c1-4-5-6-7-8-9-10-11-12-13-14-17-25-41-33-23-22-32(30(2)26-33)29-39(28-31-19-18-24-38(3)27-31)36(40)34-20-15-16-21-35(34)37;/h15-16,18-24,26-27H,4-14,17,25,28-29H2,1-3H3;1H/q+1;/p-1. The second-order valence-corrected chi connectivity index (χ2v) is 11.8. The van der Waals surface area contributed by atoms with Crippen molar-refractivity contribution in [3.63, 3.8) is 0 Å². The molecule has 0 radical (unpaired) electrons. The molecule has 4 nitrogen and oxygen atoms in total. The topological polar surface area (TPSA) is 33.4 Å². The first kappa shape index (κ1) is 36.1. The van der Waals surface area contributed by atoms with Gasteiger partial charge in [0.1, 0.15) is 12.8 Å².